The van der Waals surface area contributed by atoms with E-state index in [1.165, 1.54) is 0 Å². The van der Waals surface area contributed by atoms with Gasteiger partial charge in [-0.05, 0) is 44.2 Å². The molecule has 0 spiro atoms. The van der Waals surface area contributed by atoms with Gasteiger partial charge in [-0.25, -0.2) is 0 Å². The Balaban J connectivity index is 2.25. The molecular weight excluding hydrogens is 258 g/mol. The fourth-order valence-electron chi connectivity index (χ4n) is 2.03. The summed E-state index contributed by atoms with van der Waals surface area (Å²) in [5.41, 5.74) is 9.45. The van der Waals surface area contributed by atoms with Gasteiger partial charge in [0.15, 0.2) is 0 Å². The van der Waals surface area contributed by atoms with Gasteiger partial charge in [-0.2, -0.15) is 0 Å². The molecule has 0 saturated heterocycles. The van der Waals surface area contributed by atoms with Crippen LogP contribution in [-0.2, 0) is 6.54 Å². The van der Waals surface area contributed by atoms with Crippen LogP contribution in [0.3, 0.4) is 0 Å². The van der Waals surface area contributed by atoms with E-state index in [9.17, 15) is 0 Å². The van der Waals surface area contributed by atoms with Gasteiger partial charge in [0.05, 0.1) is 22.9 Å². The van der Waals surface area contributed by atoms with E-state index in [2.05, 4.69) is 16.8 Å². The van der Waals surface area contributed by atoms with Crippen LogP contribution in [0.15, 0.2) is 36.4 Å². The number of nitrogens with zero attached hydrogens (tertiary/aromatic N) is 2. The Morgan fingerprint density at radius 1 is 1.26 bits per heavy atom. The predicted octanol–water partition coefficient (Wildman–Crippen LogP) is 3.65. The summed E-state index contributed by atoms with van der Waals surface area (Å²) in [5.74, 6) is 0. The second-order valence-electron chi connectivity index (χ2n) is 4.50. The third-order valence-corrected chi connectivity index (χ3v) is 3.30. The summed E-state index contributed by atoms with van der Waals surface area (Å²) in [6.45, 7) is 5.69. The SMILES string of the molecule is CCN(Cc1cccc(C)n1)c1ccc(N)cc1Cl. The Morgan fingerprint density at radius 2 is 2.05 bits per heavy atom. The topological polar surface area (TPSA) is 42.2 Å². The van der Waals surface area contributed by atoms with Crippen LogP contribution < -0.4 is 10.6 Å². The first-order valence-electron chi connectivity index (χ1n) is 6.32. The average Bonchev–Trinajstić information content (AvgIpc) is 2.37. The number of benzene rings is 1. The van der Waals surface area contributed by atoms with Gasteiger partial charge < -0.3 is 10.6 Å². The summed E-state index contributed by atoms with van der Waals surface area (Å²) in [7, 11) is 0. The lowest BCUT2D eigenvalue weighted by Gasteiger charge is -2.24. The van der Waals surface area contributed by atoms with Crippen LogP contribution in [0.1, 0.15) is 18.3 Å². The molecule has 0 fully saturated rings. The zero-order chi connectivity index (χ0) is 13.8. The Bertz CT molecular complexity index is 569. The van der Waals surface area contributed by atoms with E-state index in [0.717, 1.165) is 30.2 Å². The molecule has 0 saturated carbocycles. The van der Waals surface area contributed by atoms with Crippen LogP contribution in [0, 0.1) is 6.92 Å². The van der Waals surface area contributed by atoms with Crippen LogP contribution in [-0.4, -0.2) is 11.5 Å². The lowest BCUT2D eigenvalue weighted by atomic mass is 10.2. The number of halogens is 1. The summed E-state index contributed by atoms with van der Waals surface area (Å²) >= 11 is 6.26. The first kappa shape index (κ1) is 13.7. The standard InChI is InChI=1S/C15H18ClN3/c1-3-19(10-13-6-4-5-11(2)18-13)15-8-7-12(17)9-14(15)16/h4-9H,3,10,17H2,1-2H3. The van der Waals surface area contributed by atoms with Crippen molar-refractivity contribution in [2.45, 2.75) is 20.4 Å². The number of anilines is 2. The molecule has 1 aromatic carbocycles. The maximum absolute atomic E-state index is 6.26. The number of nitrogen functional groups attached to an aromatic ring is 1. The van der Waals surface area contributed by atoms with E-state index >= 15 is 0 Å². The molecule has 0 amide bonds. The van der Waals surface area contributed by atoms with Gasteiger partial charge in [-0.1, -0.05) is 17.7 Å². The molecule has 1 heterocycles. The first-order chi connectivity index (χ1) is 9.10. The molecule has 2 N–H and O–H groups in total. The van der Waals surface area contributed by atoms with Gasteiger partial charge in [0.25, 0.3) is 0 Å². The van der Waals surface area contributed by atoms with E-state index in [4.69, 9.17) is 17.3 Å². The van der Waals surface area contributed by atoms with Crippen LogP contribution in [0.2, 0.25) is 5.02 Å². The van der Waals surface area contributed by atoms with Crippen molar-refractivity contribution < 1.29 is 0 Å². The highest BCUT2D eigenvalue weighted by atomic mass is 35.5. The fraction of sp³-hybridized carbons (Fsp3) is 0.267. The van der Waals surface area contributed by atoms with Crippen LogP contribution in [0.4, 0.5) is 11.4 Å². The molecule has 0 aliphatic carbocycles. The maximum Gasteiger partial charge on any atom is 0.0660 e. The number of aromatic nitrogens is 1. The van der Waals surface area contributed by atoms with Gasteiger partial charge >= 0.3 is 0 Å². The van der Waals surface area contributed by atoms with E-state index < -0.39 is 0 Å². The summed E-state index contributed by atoms with van der Waals surface area (Å²) in [6.07, 6.45) is 0. The molecular formula is C15H18ClN3. The number of nitrogens with two attached hydrogens (primary N) is 1. The Labute approximate surface area is 119 Å². The smallest absolute Gasteiger partial charge is 0.0660 e. The van der Waals surface area contributed by atoms with Crippen molar-refractivity contribution in [3.05, 3.63) is 52.8 Å². The average molecular weight is 276 g/mol. The van der Waals surface area contributed by atoms with Gasteiger partial charge in [0.1, 0.15) is 0 Å². The minimum Gasteiger partial charge on any atom is -0.399 e. The molecule has 0 atom stereocenters. The highest BCUT2D eigenvalue weighted by Crippen LogP contribution is 2.28. The molecule has 0 aliphatic heterocycles. The van der Waals surface area contributed by atoms with Crippen molar-refractivity contribution in [2.75, 3.05) is 17.2 Å². The Kier molecular flexibility index (Phi) is 4.27. The zero-order valence-corrected chi connectivity index (χ0v) is 12.0. The van der Waals surface area contributed by atoms with Gasteiger partial charge in [-0.15, -0.1) is 0 Å². The molecule has 0 bridgehead atoms. The zero-order valence-electron chi connectivity index (χ0n) is 11.2. The van der Waals surface area contributed by atoms with Crippen LogP contribution in [0.5, 0.6) is 0 Å². The summed E-state index contributed by atoms with van der Waals surface area (Å²) < 4.78 is 0. The molecule has 100 valence electrons. The highest BCUT2D eigenvalue weighted by molar-refractivity contribution is 6.33. The van der Waals surface area contributed by atoms with Crippen molar-refractivity contribution in [2.24, 2.45) is 0 Å². The van der Waals surface area contributed by atoms with Crippen molar-refractivity contribution >= 4 is 23.0 Å². The van der Waals surface area contributed by atoms with E-state index in [1.54, 1.807) is 6.07 Å². The lowest BCUT2D eigenvalue weighted by molar-refractivity contribution is 0.806. The fourth-order valence-corrected chi connectivity index (χ4v) is 2.34. The minimum absolute atomic E-state index is 0.675. The number of pyridine rings is 1. The Hall–Kier alpha value is -1.74. The largest absolute Gasteiger partial charge is 0.399 e. The number of hydrogen-bond donors (Lipinski definition) is 1. The number of aryl methyl sites for hydroxylation is 1. The second kappa shape index (κ2) is 5.93. The van der Waals surface area contributed by atoms with Crippen LogP contribution >= 0.6 is 11.6 Å². The van der Waals surface area contributed by atoms with E-state index in [1.807, 2.05) is 37.3 Å². The Morgan fingerprint density at radius 3 is 2.68 bits per heavy atom. The summed E-state index contributed by atoms with van der Waals surface area (Å²) in [5, 5.41) is 0.675. The molecule has 2 rings (SSSR count). The van der Waals surface area contributed by atoms with Gasteiger partial charge in [0, 0.05) is 17.9 Å². The highest BCUT2D eigenvalue weighted by Gasteiger charge is 2.10. The summed E-state index contributed by atoms with van der Waals surface area (Å²) in [4.78, 5) is 6.71. The third-order valence-electron chi connectivity index (χ3n) is 2.99. The lowest BCUT2D eigenvalue weighted by Crippen LogP contribution is -2.23. The number of hydrogen-bond acceptors (Lipinski definition) is 3. The minimum atomic E-state index is 0.675. The van der Waals surface area contributed by atoms with Crippen molar-refractivity contribution in [3.8, 4) is 0 Å². The molecule has 0 aliphatic rings. The van der Waals surface area contributed by atoms with Crippen molar-refractivity contribution in [3.63, 3.8) is 0 Å². The molecule has 19 heavy (non-hydrogen) atoms. The van der Waals surface area contributed by atoms with Crippen molar-refractivity contribution in [1.29, 1.82) is 0 Å². The van der Waals surface area contributed by atoms with Gasteiger partial charge in [0.2, 0.25) is 0 Å². The normalized spacial score (nSPS) is 10.5. The van der Waals surface area contributed by atoms with Crippen molar-refractivity contribution in [1.82, 2.24) is 4.98 Å². The molecule has 0 radical (unpaired) electrons. The predicted molar refractivity (Wildman–Crippen MR) is 81.6 cm³/mol. The van der Waals surface area contributed by atoms with E-state index in [-0.39, 0.29) is 0 Å². The van der Waals surface area contributed by atoms with Crippen LogP contribution in [0.25, 0.3) is 0 Å². The van der Waals surface area contributed by atoms with Gasteiger partial charge in [-0.3, -0.25) is 4.98 Å². The molecule has 4 heteroatoms. The first-order valence-corrected chi connectivity index (χ1v) is 6.70. The second-order valence-corrected chi connectivity index (χ2v) is 4.90. The molecule has 2 aromatic rings. The molecule has 1 aromatic heterocycles. The number of rotatable bonds is 4. The maximum atomic E-state index is 6.26. The monoisotopic (exact) mass is 275 g/mol. The molecule has 0 unspecified atom stereocenters. The summed E-state index contributed by atoms with van der Waals surface area (Å²) in [6, 6.07) is 11.7. The molecule has 3 nitrogen and oxygen atoms in total. The quantitative estimate of drug-likeness (QED) is 0.866. The van der Waals surface area contributed by atoms with E-state index in [0.29, 0.717) is 10.7 Å². The third kappa shape index (κ3) is 3.38.